The molecule has 228 valence electrons. The molecule has 2 aliphatic heterocycles. The Morgan fingerprint density at radius 2 is 1.50 bits per heavy atom. The summed E-state index contributed by atoms with van der Waals surface area (Å²) in [5, 5.41) is 91.6. The van der Waals surface area contributed by atoms with E-state index < -0.39 is 96.1 Å². The predicted octanol–water partition coefficient (Wildman–Crippen LogP) is -1.39. The SMILES string of the molecule is C[C@H]1O[C@H](O[C@H]2[C@H](Oc3c(-c4ccc(O)cc4)oc4cc(O)cc(O)c4c3=O)O[C@H](CO)[C@@H](O)[C@@H]2O)[C@@H](O)[C@@H](O)[C@@H]1O. The zero-order chi connectivity index (χ0) is 30.5. The van der Waals surface area contributed by atoms with E-state index in [2.05, 4.69) is 0 Å². The molecule has 0 spiro atoms. The number of phenols is 3. The summed E-state index contributed by atoms with van der Waals surface area (Å²) in [7, 11) is 0. The number of ether oxygens (including phenoxy) is 4. The number of aromatic hydroxyl groups is 3. The van der Waals surface area contributed by atoms with Gasteiger partial charge in [-0.1, -0.05) is 0 Å². The molecule has 2 aliphatic rings. The van der Waals surface area contributed by atoms with Gasteiger partial charge >= 0.3 is 0 Å². The summed E-state index contributed by atoms with van der Waals surface area (Å²) >= 11 is 0. The van der Waals surface area contributed by atoms with Gasteiger partial charge in [-0.15, -0.1) is 0 Å². The average molecular weight is 595 g/mol. The normalized spacial score (nSPS) is 33.5. The summed E-state index contributed by atoms with van der Waals surface area (Å²) in [6, 6.07) is 7.31. The molecule has 3 aromatic rings. The minimum atomic E-state index is -1.87. The third-order valence-electron chi connectivity index (χ3n) is 7.21. The molecule has 10 atom stereocenters. The second-order valence-corrected chi connectivity index (χ2v) is 10.1. The van der Waals surface area contributed by atoms with Gasteiger partial charge in [-0.3, -0.25) is 4.79 Å². The first kappa shape index (κ1) is 30.0. The van der Waals surface area contributed by atoms with Crippen molar-refractivity contribution < 1.29 is 69.3 Å². The molecule has 0 aliphatic carbocycles. The van der Waals surface area contributed by atoms with Gasteiger partial charge in [0.2, 0.25) is 17.5 Å². The Morgan fingerprint density at radius 3 is 2.17 bits per heavy atom. The lowest BCUT2D eigenvalue weighted by Gasteiger charge is -2.45. The van der Waals surface area contributed by atoms with Gasteiger partial charge in [0.15, 0.2) is 18.2 Å². The van der Waals surface area contributed by atoms with Gasteiger partial charge in [-0.05, 0) is 31.2 Å². The van der Waals surface area contributed by atoms with Crippen LogP contribution >= 0.6 is 0 Å². The summed E-state index contributed by atoms with van der Waals surface area (Å²) in [5.41, 5.74) is -0.995. The van der Waals surface area contributed by atoms with E-state index in [1.165, 1.54) is 31.2 Å². The maximum Gasteiger partial charge on any atom is 0.239 e. The highest BCUT2D eigenvalue weighted by atomic mass is 16.8. The summed E-state index contributed by atoms with van der Waals surface area (Å²) < 4.78 is 28.5. The van der Waals surface area contributed by atoms with Crippen molar-refractivity contribution in [2.75, 3.05) is 6.61 Å². The van der Waals surface area contributed by atoms with Crippen LogP contribution in [0.25, 0.3) is 22.3 Å². The molecular weight excluding hydrogens is 564 g/mol. The third-order valence-corrected chi connectivity index (χ3v) is 7.21. The Labute approximate surface area is 236 Å². The lowest BCUT2D eigenvalue weighted by molar-refractivity contribution is -0.354. The first-order chi connectivity index (χ1) is 19.9. The van der Waals surface area contributed by atoms with Crippen LogP contribution in [-0.4, -0.2) is 114 Å². The largest absolute Gasteiger partial charge is 0.508 e. The Morgan fingerprint density at radius 1 is 0.810 bits per heavy atom. The van der Waals surface area contributed by atoms with Crippen molar-refractivity contribution in [3.63, 3.8) is 0 Å². The molecule has 0 amide bonds. The highest BCUT2D eigenvalue weighted by Gasteiger charge is 2.51. The first-order valence-electron chi connectivity index (χ1n) is 12.9. The lowest BCUT2D eigenvalue weighted by atomic mass is 9.97. The number of hydrogen-bond donors (Lipinski definition) is 9. The quantitative estimate of drug-likeness (QED) is 0.159. The van der Waals surface area contributed by atoms with E-state index >= 15 is 0 Å². The van der Waals surface area contributed by atoms with E-state index in [0.717, 1.165) is 12.1 Å². The number of aliphatic hydroxyl groups is 6. The first-order valence-corrected chi connectivity index (χ1v) is 12.9. The molecule has 0 saturated carbocycles. The highest BCUT2D eigenvalue weighted by molar-refractivity contribution is 5.88. The number of benzene rings is 2. The summed E-state index contributed by atoms with van der Waals surface area (Å²) in [6.45, 7) is 0.593. The van der Waals surface area contributed by atoms with E-state index in [1.54, 1.807) is 0 Å². The van der Waals surface area contributed by atoms with Crippen LogP contribution in [0.3, 0.4) is 0 Å². The van der Waals surface area contributed by atoms with Gasteiger partial charge in [-0.25, -0.2) is 0 Å². The molecule has 0 radical (unpaired) electrons. The van der Waals surface area contributed by atoms with E-state index in [0.29, 0.717) is 0 Å². The molecule has 3 heterocycles. The van der Waals surface area contributed by atoms with Crippen molar-refractivity contribution in [2.24, 2.45) is 0 Å². The molecule has 15 heteroatoms. The van der Waals surface area contributed by atoms with E-state index in [1.807, 2.05) is 0 Å². The maximum atomic E-state index is 13.7. The van der Waals surface area contributed by atoms with E-state index in [4.69, 9.17) is 23.4 Å². The summed E-state index contributed by atoms with van der Waals surface area (Å²) in [6.07, 6.45) is -16.3. The van der Waals surface area contributed by atoms with Crippen LogP contribution in [0.5, 0.6) is 23.0 Å². The number of phenolic OH excluding ortho intramolecular Hbond substituents is 3. The molecule has 1 aromatic heterocycles. The topological polar surface area (TPSA) is 249 Å². The fraction of sp³-hybridized carbons (Fsp3) is 0.444. The fourth-order valence-electron chi connectivity index (χ4n) is 4.87. The minimum absolute atomic E-state index is 0.112. The number of aliphatic hydroxyl groups excluding tert-OH is 6. The Bertz CT molecular complexity index is 1470. The van der Waals surface area contributed by atoms with Gasteiger partial charge in [0.25, 0.3) is 0 Å². The summed E-state index contributed by atoms with van der Waals surface area (Å²) in [5.74, 6) is -2.03. The maximum absolute atomic E-state index is 13.7. The zero-order valence-corrected chi connectivity index (χ0v) is 21.9. The van der Waals surface area contributed by atoms with Gasteiger partial charge in [0, 0.05) is 17.7 Å². The molecule has 42 heavy (non-hydrogen) atoms. The highest BCUT2D eigenvalue weighted by Crippen LogP contribution is 2.38. The van der Waals surface area contributed by atoms with Gasteiger partial charge in [0.05, 0.1) is 12.7 Å². The Balaban J connectivity index is 1.60. The smallest absolute Gasteiger partial charge is 0.239 e. The summed E-state index contributed by atoms with van der Waals surface area (Å²) in [4.78, 5) is 13.7. The molecule has 2 saturated heterocycles. The van der Waals surface area contributed by atoms with E-state index in [-0.39, 0.29) is 22.7 Å². The molecule has 5 rings (SSSR count). The Kier molecular flexibility index (Phi) is 8.30. The molecule has 0 unspecified atom stereocenters. The van der Waals surface area contributed by atoms with Crippen molar-refractivity contribution >= 4 is 11.0 Å². The third kappa shape index (κ3) is 5.37. The monoisotopic (exact) mass is 594 g/mol. The standard InChI is InChI=1S/C27H30O15/c1-9-17(32)20(35)22(37)26(38-9)42-25-21(36)18(33)15(8-28)40-27(25)41-24-19(34)16-13(31)6-12(30)7-14(16)39-23(24)10-2-4-11(29)5-3-10/h2-7,9,15,17-18,20-22,25-33,35-37H,8H2,1H3/t9-,15-,17-,18-,20+,21+,22+,25-,26-,27+/m1/s1. The van der Waals surface area contributed by atoms with Crippen molar-refractivity contribution in [3.05, 3.63) is 46.6 Å². The Hall–Kier alpha value is -3.51. The van der Waals surface area contributed by atoms with Crippen LogP contribution in [0, 0.1) is 0 Å². The zero-order valence-electron chi connectivity index (χ0n) is 21.9. The van der Waals surface area contributed by atoms with Crippen molar-refractivity contribution in [3.8, 4) is 34.3 Å². The van der Waals surface area contributed by atoms with Crippen LogP contribution in [0.15, 0.2) is 45.6 Å². The lowest BCUT2D eigenvalue weighted by Crippen LogP contribution is -2.64. The molecular formula is C27H30O15. The van der Waals surface area contributed by atoms with Crippen LogP contribution in [0.1, 0.15) is 6.92 Å². The molecule has 0 bridgehead atoms. The van der Waals surface area contributed by atoms with Crippen molar-refractivity contribution in [2.45, 2.75) is 68.3 Å². The average Bonchev–Trinajstić information content (AvgIpc) is 2.95. The van der Waals surface area contributed by atoms with E-state index in [9.17, 15) is 50.8 Å². The van der Waals surface area contributed by atoms with Crippen LogP contribution in [-0.2, 0) is 14.2 Å². The molecule has 2 fully saturated rings. The van der Waals surface area contributed by atoms with Crippen LogP contribution < -0.4 is 10.2 Å². The molecule has 2 aromatic carbocycles. The second kappa shape index (κ2) is 11.6. The number of hydrogen-bond acceptors (Lipinski definition) is 15. The van der Waals surface area contributed by atoms with Gasteiger partial charge in [-0.2, -0.15) is 0 Å². The minimum Gasteiger partial charge on any atom is -0.508 e. The van der Waals surface area contributed by atoms with Crippen molar-refractivity contribution in [1.82, 2.24) is 0 Å². The number of fused-ring (bicyclic) bond motifs is 1. The molecule has 9 N–H and O–H groups in total. The van der Waals surface area contributed by atoms with Crippen molar-refractivity contribution in [1.29, 1.82) is 0 Å². The second-order valence-electron chi connectivity index (χ2n) is 10.1. The van der Waals surface area contributed by atoms with Crippen LogP contribution in [0.4, 0.5) is 0 Å². The number of rotatable bonds is 6. The fourth-order valence-corrected chi connectivity index (χ4v) is 4.87. The molecule has 15 nitrogen and oxygen atoms in total. The van der Waals surface area contributed by atoms with Gasteiger partial charge in [0.1, 0.15) is 64.8 Å². The predicted molar refractivity (Wildman–Crippen MR) is 139 cm³/mol. The van der Waals surface area contributed by atoms with Crippen LogP contribution in [0.2, 0.25) is 0 Å². The van der Waals surface area contributed by atoms with Gasteiger partial charge < -0.3 is 69.3 Å².